The Labute approximate surface area is 112 Å². The minimum atomic E-state index is -1.00. The van der Waals surface area contributed by atoms with Gasteiger partial charge >= 0.3 is 5.97 Å². The standard InChI is InChI=1S/C13H20N2O4/c1-8-11(13(16)17)12(15(2)14-8)19-10-6-4-5-9(7-10)18-3/h9-10H,4-7H2,1-3H3,(H,16,17). The number of hydrogen-bond donors (Lipinski definition) is 1. The van der Waals surface area contributed by atoms with Crippen molar-refractivity contribution < 1.29 is 19.4 Å². The maximum absolute atomic E-state index is 11.3. The molecule has 106 valence electrons. The van der Waals surface area contributed by atoms with Crippen molar-refractivity contribution >= 4 is 5.97 Å². The molecule has 0 amide bonds. The molecule has 1 saturated carbocycles. The average molecular weight is 268 g/mol. The van der Waals surface area contributed by atoms with Crippen LogP contribution in [0, 0.1) is 6.92 Å². The minimum Gasteiger partial charge on any atom is -0.477 e. The van der Waals surface area contributed by atoms with Crippen LogP contribution in [0.2, 0.25) is 0 Å². The highest BCUT2D eigenvalue weighted by molar-refractivity contribution is 5.91. The molecule has 2 unspecified atom stereocenters. The highest BCUT2D eigenvalue weighted by Crippen LogP contribution is 2.28. The molecule has 6 heteroatoms. The molecule has 1 aromatic heterocycles. The van der Waals surface area contributed by atoms with Gasteiger partial charge in [0.25, 0.3) is 0 Å². The summed E-state index contributed by atoms with van der Waals surface area (Å²) in [5.74, 6) is -0.661. The fraction of sp³-hybridized carbons (Fsp3) is 0.692. The summed E-state index contributed by atoms with van der Waals surface area (Å²) in [6, 6.07) is 0. The number of ether oxygens (including phenoxy) is 2. The van der Waals surface area contributed by atoms with E-state index in [2.05, 4.69) is 5.10 Å². The van der Waals surface area contributed by atoms with Crippen molar-refractivity contribution in [2.75, 3.05) is 7.11 Å². The summed E-state index contributed by atoms with van der Waals surface area (Å²) in [5.41, 5.74) is 0.631. The summed E-state index contributed by atoms with van der Waals surface area (Å²) in [6.07, 6.45) is 3.96. The summed E-state index contributed by atoms with van der Waals surface area (Å²) >= 11 is 0. The van der Waals surface area contributed by atoms with Crippen molar-refractivity contribution in [3.8, 4) is 5.88 Å². The summed E-state index contributed by atoms with van der Waals surface area (Å²) in [5, 5.41) is 13.3. The lowest BCUT2D eigenvalue weighted by molar-refractivity contribution is 0.0176. The molecule has 2 rings (SSSR count). The van der Waals surface area contributed by atoms with E-state index in [-0.39, 0.29) is 17.8 Å². The van der Waals surface area contributed by atoms with E-state index in [1.165, 1.54) is 4.68 Å². The number of rotatable bonds is 4. The van der Waals surface area contributed by atoms with Gasteiger partial charge in [-0.1, -0.05) is 0 Å². The zero-order valence-corrected chi connectivity index (χ0v) is 11.5. The number of nitrogens with zero attached hydrogens (tertiary/aromatic N) is 2. The number of carbonyl (C=O) groups is 1. The summed E-state index contributed by atoms with van der Waals surface area (Å²) < 4.78 is 12.7. The maximum Gasteiger partial charge on any atom is 0.343 e. The summed E-state index contributed by atoms with van der Waals surface area (Å²) in [4.78, 5) is 11.3. The molecular formula is C13H20N2O4. The Balaban J connectivity index is 2.16. The van der Waals surface area contributed by atoms with Crippen molar-refractivity contribution in [3.63, 3.8) is 0 Å². The van der Waals surface area contributed by atoms with Gasteiger partial charge in [0.15, 0.2) is 0 Å². The predicted octanol–water partition coefficient (Wildman–Crippen LogP) is 1.76. The summed E-state index contributed by atoms with van der Waals surface area (Å²) in [6.45, 7) is 1.68. The van der Waals surface area contributed by atoms with E-state index < -0.39 is 5.97 Å². The van der Waals surface area contributed by atoms with Gasteiger partial charge in [0.1, 0.15) is 11.7 Å². The third kappa shape index (κ3) is 2.89. The van der Waals surface area contributed by atoms with Gasteiger partial charge in [0.2, 0.25) is 5.88 Å². The van der Waals surface area contributed by atoms with E-state index in [0.29, 0.717) is 11.6 Å². The van der Waals surface area contributed by atoms with Crippen LogP contribution < -0.4 is 4.74 Å². The van der Waals surface area contributed by atoms with Gasteiger partial charge in [0.05, 0.1) is 11.8 Å². The molecule has 0 bridgehead atoms. The zero-order chi connectivity index (χ0) is 14.0. The highest BCUT2D eigenvalue weighted by Gasteiger charge is 2.27. The van der Waals surface area contributed by atoms with Gasteiger partial charge in [-0.2, -0.15) is 5.10 Å². The highest BCUT2D eigenvalue weighted by atomic mass is 16.5. The molecule has 0 spiro atoms. The van der Waals surface area contributed by atoms with Gasteiger partial charge in [-0.3, -0.25) is 0 Å². The SMILES string of the molecule is COC1CCCC(Oc2c(C(=O)O)c(C)nn2C)C1. The molecule has 1 aliphatic carbocycles. The minimum absolute atomic E-state index is 0.00778. The molecule has 1 heterocycles. The number of aromatic carboxylic acids is 1. The quantitative estimate of drug-likeness (QED) is 0.900. The van der Waals surface area contributed by atoms with Crippen LogP contribution >= 0.6 is 0 Å². The molecule has 19 heavy (non-hydrogen) atoms. The van der Waals surface area contributed by atoms with Crippen LogP contribution in [0.5, 0.6) is 5.88 Å². The molecule has 0 saturated heterocycles. The predicted molar refractivity (Wildman–Crippen MR) is 68.6 cm³/mol. The van der Waals surface area contributed by atoms with Crippen molar-refractivity contribution in [2.24, 2.45) is 7.05 Å². The molecule has 0 radical (unpaired) electrons. The maximum atomic E-state index is 11.3. The van der Waals surface area contributed by atoms with E-state index in [1.54, 1.807) is 21.1 Å². The van der Waals surface area contributed by atoms with Crippen molar-refractivity contribution in [1.82, 2.24) is 9.78 Å². The number of methoxy groups -OCH3 is 1. The Bertz CT molecular complexity index is 469. The Morgan fingerprint density at radius 2 is 2.11 bits per heavy atom. The first kappa shape index (κ1) is 13.9. The van der Waals surface area contributed by atoms with Crippen molar-refractivity contribution in [2.45, 2.75) is 44.8 Å². The molecular weight excluding hydrogens is 248 g/mol. The van der Waals surface area contributed by atoms with Gasteiger partial charge < -0.3 is 14.6 Å². The fourth-order valence-corrected chi connectivity index (χ4v) is 2.60. The second-order valence-corrected chi connectivity index (χ2v) is 4.96. The molecule has 2 atom stereocenters. The molecule has 1 aromatic rings. The Morgan fingerprint density at radius 1 is 1.42 bits per heavy atom. The largest absolute Gasteiger partial charge is 0.477 e. The average Bonchev–Trinajstić information content (AvgIpc) is 2.64. The Hall–Kier alpha value is -1.56. The Kier molecular flexibility index (Phi) is 4.09. The first-order valence-electron chi connectivity index (χ1n) is 6.49. The van der Waals surface area contributed by atoms with Crippen LogP contribution in [-0.4, -0.2) is 40.2 Å². The first-order valence-corrected chi connectivity index (χ1v) is 6.49. The van der Waals surface area contributed by atoms with Crippen LogP contribution in [0.3, 0.4) is 0 Å². The lowest BCUT2D eigenvalue weighted by atomic mass is 9.95. The van der Waals surface area contributed by atoms with Crippen LogP contribution in [0.1, 0.15) is 41.7 Å². The van der Waals surface area contributed by atoms with E-state index in [1.807, 2.05) is 0 Å². The normalized spacial score (nSPS) is 23.3. The van der Waals surface area contributed by atoms with Gasteiger partial charge in [0, 0.05) is 20.6 Å². The number of aryl methyl sites for hydroxylation is 2. The van der Waals surface area contributed by atoms with Crippen LogP contribution in [0.25, 0.3) is 0 Å². The van der Waals surface area contributed by atoms with Crippen molar-refractivity contribution in [1.29, 1.82) is 0 Å². The van der Waals surface area contributed by atoms with Crippen LogP contribution in [0.4, 0.5) is 0 Å². The Morgan fingerprint density at radius 3 is 2.74 bits per heavy atom. The molecule has 1 fully saturated rings. The van der Waals surface area contributed by atoms with Gasteiger partial charge in [-0.15, -0.1) is 0 Å². The first-order chi connectivity index (χ1) is 9.02. The summed E-state index contributed by atoms with van der Waals surface area (Å²) in [7, 11) is 3.40. The van der Waals surface area contributed by atoms with Crippen LogP contribution in [-0.2, 0) is 11.8 Å². The number of aromatic nitrogens is 2. The second-order valence-electron chi connectivity index (χ2n) is 4.96. The molecule has 1 N–H and O–H groups in total. The lowest BCUT2D eigenvalue weighted by Gasteiger charge is -2.28. The molecule has 6 nitrogen and oxygen atoms in total. The van der Waals surface area contributed by atoms with E-state index >= 15 is 0 Å². The lowest BCUT2D eigenvalue weighted by Crippen LogP contribution is -2.30. The van der Waals surface area contributed by atoms with Crippen molar-refractivity contribution in [3.05, 3.63) is 11.3 Å². The molecule has 0 aromatic carbocycles. The smallest absolute Gasteiger partial charge is 0.343 e. The topological polar surface area (TPSA) is 73.6 Å². The van der Waals surface area contributed by atoms with Gasteiger partial charge in [-0.05, 0) is 26.2 Å². The zero-order valence-electron chi connectivity index (χ0n) is 11.5. The van der Waals surface area contributed by atoms with E-state index in [0.717, 1.165) is 25.7 Å². The van der Waals surface area contributed by atoms with E-state index in [4.69, 9.17) is 9.47 Å². The third-order valence-corrected chi connectivity index (χ3v) is 3.57. The van der Waals surface area contributed by atoms with Gasteiger partial charge in [-0.25, -0.2) is 9.48 Å². The van der Waals surface area contributed by atoms with Crippen LogP contribution in [0.15, 0.2) is 0 Å². The molecule has 0 aliphatic heterocycles. The monoisotopic (exact) mass is 268 g/mol. The number of carboxylic acid groups (broad SMARTS) is 1. The third-order valence-electron chi connectivity index (χ3n) is 3.57. The number of hydrogen-bond acceptors (Lipinski definition) is 4. The number of carboxylic acids is 1. The fourth-order valence-electron chi connectivity index (χ4n) is 2.60. The second kappa shape index (κ2) is 5.61. The van der Waals surface area contributed by atoms with E-state index in [9.17, 15) is 9.90 Å². The molecule has 1 aliphatic rings.